The van der Waals surface area contributed by atoms with Gasteiger partial charge in [0, 0.05) is 18.8 Å². The highest BCUT2D eigenvalue weighted by atomic mass is 16.5. The number of ether oxygens (including phenoxy) is 1. The molecule has 2 rings (SSSR count). The van der Waals surface area contributed by atoms with Gasteiger partial charge in [-0.05, 0) is 38.3 Å². The van der Waals surface area contributed by atoms with Gasteiger partial charge in [0.2, 0.25) is 0 Å². The van der Waals surface area contributed by atoms with E-state index >= 15 is 0 Å². The summed E-state index contributed by atoms with van der Waals surface area (Å²) < 4.78 is 5.57. The highest BCUT2D eigenvalue weighted by Crippen LogP contribution is 2.15. The first-order valence-electron chi connectivity index (χ1n) is 5.77. The fourth-order valence-electron chi connectivity index (χ4n) is 1.92. The maximum absolute atomic E-state index is 5.57. The molecule has 0 aliphatic carbocycles. The van der Waals surface area contributed by atoms with Crippen molar-refractivity contribution in [1.29, 1.82) is 0 Å². The minimum Gasteiger partial charge on any atom is -0.385 e. The summed E-state index contributed by atoms with van der Waals surface area (Å²) in [6.45, 7) is 4.07. The lowest BCUT2D eigenvalue weighted by atomic mass is 10.2. The van der Waals surface area contributed by atoms with E-state index in [9.17, 15) is 0 Å². The average Bonchev–Trinajstić information content (AvgIpc) is 2.74. The summed E-state index contributed by atoms with van der Waals surface area (Å²) in [7, 11) is 0. The van der Waals surface area contributed by atoms with Crippen LogP contribution >= 0.6 is 0 Å². The van der Waals surface area contributed by atoms with Crippen molar-refractivity contribution in [3.63, 3.8) is 0 Å². The van der Waals surface area contributed by atoms with Gasteiger partial charge in [-0.1, -0.05) is 17.7 Å². The van der Waals surface area contributed by atoms with Gasteiger partial charge in [0.1, 0.15) is 0 Å². The molecule has 82 valence electrons. The van der Waals surface area contributed by atoms with Crippen LogP contribution in [0.5, 0.6) is 0 Å². The van der Waals surface area contributed by atoms with Crippen LogP contribution in [0.3, 0.4) is 0 Å². The summed E-state index contributed by atoms with van der Waals surface area (Å²) >= 11 is 0. The molecule has 1 aromatic carbocycles. The number of nitrogens with one attached hydrogen (secondary N) is 1. The fourth-order valence-corrected chi connectivity index (χ4v) is 1.92. The number of hydrogen-bond acceptors (Lipinski definition) is 2. The van der Waals surface area contributed by atoms with Gasteiger partial charge in [0.05, 0.1) is 6.10 Å². The lowest BCUT2D eigenvalue weighted by Gasteiger charge is -2.10. The van der Waals surface area contributed by atoms with E-state index in [-0.39, 0.29) is 0 Å². The molecule has 1 aliphatic rings. The monoisotopic (exact) mass is 205 g/mol. The Kier molecular flexibility index (Phi) is 3.62. The molecule has 2 nitrogen and oxygen atoms in total. The molecule has 1 saturated heterocycles. The van der Waals surface area contributed by atoms with Gasteiger partial charge in [-0.15, -0.1) is 0 Å². The van der Waals surface area contributed by atoms with E-state index in [1.165, 1.54) is 24.1 Å². The molecule has 1 atom stereocenters. The maximum Gasteiger partial charge on any atom is 0.0592 e. The predicted octanol–water partition coefficient (Wildman–Crippen LogP) is 2.98. The highest BCUT2D eigenvalue weighted by molar-refractivity contribution is 5.44. The first-order valence-corrected chi connectivity index (χ1v) is 5.77. The molecule has 1 aliphatic heterocycles. The largest absolute Gasteiger partial charge is 0.385 e. The van der Waals surface area contributed by atoms with Crippen molar-refractivity contribution in [2.75, 3.05) is 18.5 Å². The van der Waals surface area contributed by atoms with Crippen LogP contribution in [0.4, 0.5) is 5.69 Å². The molecule has 1 aromatic rings. The summed E-state index contributed by atoms with van der Waals surface area (Å²) in [6.07, 6.45) is 4.07. The first-order chi connectivity index (χ1) is 7.34. The smallest absolute Gasteiger partial charge is 0.0592 e. The van der Waals surface area contributed by atoms with E-state index in [0.717, 1.165) is 19.6 Å². The van der Waals surface area contributed by atoms with E-state index in [2.05, 4.69) is 36.5 Å². The van der Waals surface area contributed by atoms with Gasteiger partial charge < -0.3 is 10.1 Å². The average molecular weight is 205 g/mol. The first kappa shape index (κ1) is 10.5. The number of anilines is 1. The van der Waals surface area contributed by atoms with Crippen molar-refractivity contribution in [3.05, 3.63) is 29.8 Å². The standard InChI is InChI=1S/C13H19NO/c1-11-4-6-12(7-5-11)14-9-8-13-3-2-10-15-13/h4-7,13-14H,2-3,8-10H2,1H3. The molecule has 0 spiro atoms. The number of rotatable bonds is 4. The lowest BCUT2D eigenvalue weighted by Crippen LogP contribution is -2.12. The van der Waals surface area contributed by atoms with Crippen molar-refractivity contribution in [2.45, 2.75) is 32.3 Å². The zero-order valence-corrected chi connectivity index (χ0v) is 9.33. The van der Waals surface area contributed by atoms with Crippen LogP contribution < -0.4 is 5.32 Å². The summed E-state index contributed by atoms with van der Waals surface area (Å²) in [4.78, 5) is 0. The van der Waals surface area contributed by atoms with Crippen molar-refractivity contribution in [2.24, 2.45) is 0 Å². The van der Waals surface area contributed by atoms with E-state index in [0.29, 0.717) is 6.10 Å². The van der Waals surface area contributed by atoms with Crippen LogP contribution in [0.25, 0.3) is 0 Å². The third kappa shape index (κ3) is 3.24. The minimum absolute atomic E-state index is 0.489. The van der Waals surface area contributed by atoms with E-state index in [1.54, 1.807) is 0 Å². The normalized spacial score (nSPS) is 20.5. The molecule has 1 unspecified atom stereocenters. The van der Waals surface area contributed by atoms with Gasteiger partial charge in [-0.3, -0.25) is 0 Å². The third-order valence-electron chi connectivity index (χ3n) is 2.87. The Morgan fingerprint density at radius 3 is 2.80 bits per heavy atom. The molecule has 15 heavy (non-hydrogen) atoms. The minimum atomic E-state index is 0.489. The van der Waals surface area contributed by atoms with Crippen molar-refractivity contribution < 1.29 is 4.74 Å². The number of aryl methyl sites for hydroxylation is 1. The summed E-state index contributed by atoms with van der Waals surface area (Å²) in [5.74, 6) is 0. The van der Waals surface area contributed by atoms with E-state index < -0.39 is 0 Å². The number of hydrogen-bond donors (Lipinski definition) is 1. The molecule has 0 aromatic heterocycles. The molecule has 0 amide bonds. The zero-order chi connectivity index (χ0) is 10.5. The zero-order valence-electron chi connectivity index (χ0n) is 9.33. The predicted molar refractivity (Wildman–Crippen MR) is 63.3 cm³/mol. The second-order valence-corrected chi connectivity index (χ2v) is 4.22. The Balaban J connectivity index is 1.71. The van der Waals surface area contributed by atoms with Gasteiger partial charge in [0.25, 0.3) is 0 Å². The van der Waals surface area contributed by atoms with Gasteiger partial charge in [-0.2, -0.15) is 0 Å². The van der Waals surface area contributed by atoms with Gasteiger partial charge in [0.15, 0.2) is 0 Å². The van der Waals surface area contributed by atoms with Crippen LogP contribution in [-0.2, 0) is 4.74 Å². The van der Waals surface area contributed by atoms with Crippen molar-refractivity contribution >= 4 is 5.69 Å². The molecule has 2 heteroatoms. The van der Waals surface area contributed by atoms with Crippen LogP contribution in [0.15, 0.2) is 24.3 Å². The quantitative estimate of drug-likeness (QED) is 0.816. The summed E-state index contributed by atoms with van der Waals surface area (Å²) in [5, 5.41) is 3.42. The SMILES string of the molecule is Cc1ccc(NCCC2CCCO2)cc1. The molecule has 0 saturated carbocycles. The number of benzene rings is 1. The molecule has 0 bridgehead atoms. The lowest BCUT2D eigenvalue weighted by molar-refractivity contribution is 0.107. The van der Waals surface area contributed by atoms with Gasteiger partial charge >= 0.3 is 0 Å². The Labute approximate surface area is 91.6 Å². The van der Waals surface area contributed by atoms with Gasteiger partial charge in [-0.25, -0.2) is 0 Å². The summed E-state index contributed by atoms with van der Waals surface area (Å²) in [6, 6.07) is 8.53. The Hall–Kier alpha value is -1.02. The van der Waals surface area contributed by atoms with Crippen molar-refractivity contribution in [3.8, 4) is 0 Å². The van der Waals surface area contributed by atoms with Crippen LogP contribution in [0.2, 0.25) is 0 Å². The summed E-state index contributed by atoms with van der Waals surface area (Å²) in [5.41, 5.74) is 2.51. The topological polar surface area (TPSA) is 21.3 Å². The Morgan fingerprint density at radius 2 is 2.13 bits per heavy atom. The second-order valence-electron chi connectivity index (χ2n) is 4.22. The van der Waals surface area contributed by atoms with Crippen LogP contribution in [0, 0.1) is 6.92 Å². The van der Waals surface area contributed by atoms with Crippen molar-refractivity contribution in [1.82, 2.24) is 0 Å². The second kappa shape index (κ2) is 5.17. The molecule has 1 heterocycles. The molecule has 0 radical (unpaired) electrons. The van der Waals surface area contributed by atoms with E-state index in [4.69, 9.17) is 4.74 Å². The maximum atomic E-state index is 5.57. The molecular formula is C13H19NO. The highest BCUT2D eigenvalue weighted by Gasteiger charge is 2.14. The van der Waals surface area contributed by atoms with E-state index in [1.807, 2.05) is 0 Å². The Morgan fingerprint density at radius 1 is 1.33 bits per heavy atom. The third-order valence-corrected chi connectivity index (χ3v) is 2.87. The molecular weight excluding hydrogens is 186 g/mol. The fraction of sp³-hybridized carbons (Fsp3) is 0.538. The van der Waals surface area contributed by atoms with Crippen LogP contribution in [0.1, 0.15) is 24.8 Å². The van der Waals surface area contributed by atoms with Crippen LogP contribution in [-0.4, -0.2) is 19.3 Å². The molecule has 1 fully saturated rings. The Bertz CT molecular complexity index is 288. The molecule has 1 N–H and O–H groups in total.